The van der Waals surface area contributed by atoms with E-state index in [-0.39, 0.29) is 22.0 Å². The van der Waals surface area contributed by atoms with Crippen molar-refractivity contribution in [2.45, 2.75) is 0 Å². The Kier molecular flexibility index (Phi) is 2.48. The van der Waals surface area contributed by atoms with E-state index in [0.29, 0.717) is 0 Å². The summed E-state index contributed by atoms with van der Waals surface area (Å²) in [6.07, 6.45) is 0. The highest BCUT2D eigenvalue weighted by molar-refractivity contribution is 6.32. The zero-order chi connectivity index (χ0) is 10.0. The molecule has 0 aliphatic carbocycles. The van der Waals surface area contributed by atoms with Gasteiger partial charge in [0, 0.05) is 6.07 Å². The summed E-state index contributed by atoms with van der Waals surface area (Å²) in [4.78, 5) is 20.6. The first kappa shape index (κ1) is 9.47. The molecular weight excluding hydrogens is 198 g/mol. The molecule has 68 valence electrons. The third-order valence-corrected chi connectivity index (χ3v) is 1.70. The number of nitroso groups, excluding NO2 is 1. The number of hydrogen-bond acceptors (Lipinski definition) is 4. The third kappa shape index (κ3) is 1.75. The van der Waals surface area contributed by atoms with Gasteiger partial charge in [0.1, 0.15) is 11.4 Å². The molecule has 1 aromatic carbocycles. The van der Waals surface area contributed by atoms with Crippen molar-refractivity contribution >= 4 is 23.3 Å². The van der Waals surface area contributed by atoms with Gasteiger partial charge in [0.2, 0.25) is 0 Å². The van der Waals surface area contributed by atoms with E-state index in [0.717, 1.165) is 12.1 Å². The average molecular weight is 202 g/mol. The first-order valence-corrected chi connectivity index (χ1v) is 3.53. The van der Waals surface area contributed by atoms with E-state index >= 15 is 0 Å². The fourth-order valence-corrected chi connectivity index (χ4v) is 0.961. The molecule has 0 saturated heterocycles. The standard InChI is InChI=1S/C7H4ClNO4/c8-4-1-3(7(11)12)5(9-13)2-6(4)10/h1-2,10H,(H,11,12). The highest BCUT2D eigenvalue weighted by atomic mass is 35.5. The molecule has 0 radical (unpaired) electrons. The van der Waals surface area contributed by atoms with Crippen LogP contribution in [0.3, 0.4) is 0 Å². The van der Waals surface area contributed by atoms with Gasteiger partial charge in [0.15, 0.2) is 0 Å². The van der Waals surface area contributed by atoms with Gasteiger partial charge in [-0.2, -0.15) is 0 Å². The number of nitrogens with zero attached hydrogens (tertiary/aromatic N) is 1. The van der Waals surface area contributed by atoms with Crippen molar-refractivity contribution < 1.29 is 15.0 Å². The number of rotatable bonds is 2. The second-order valence-electron chi connectivity index (χ2n) is 2.22. The Labute approximate surface area is 77.5 Å². The number of carbonyl (C=O) groups is 1. The summed E-state index contributed by atoms with van der Waals surface area (Å²) in [6.45, 7) is 0. The minimum absolute atomic E-state index is 0.134. The minimum atomic E-state index is -1.32. The van der Waals surface area contributed by atoms with Crippen molar-refractivity contribution in [1.82, 2.24) is 0 Å². The van der Waals surface area contributed by atoms with Gasteiger partial charge in [0.05, 0.1) is 10.6 Å². The maximum absolute atomic E-state index is 10.5. The average Bonchev–Trinajstić information content (AvgIpc) is 2.08. The Morgan fingerprint density at radius 3 is 2.54 bits per heavy atom. The van der Waals surface area contributed by atoms with Gasteiger partial charge in [-0.1, -0.05) is 11.6 Å². The smallest absolute Gasteiger partial charge is 0.338 e. The van der Waals surface area contributed by atoms with Crippen LogP contribution in [0.4, 0.5) is 5.69 Å². The first-order chi connectivity index (χ1) is 6.06. The van der Waals surface area contributed by atoms with Crippen molar-refractivity contribution in [1.29, 1.82) is 0 Å². The van der Waals surface area contributed by atoms with Crippen LogP contribution < -0.4 is 0 Å². The fourth-order valence-electron chi connectivity index (χ4n) is 0.798. The summed E-state index contributed by atoms with van der Waals surface area (Å²) in [5.74, 6) is -1.70. The number of aromatic carboxylic acids is 1. The van der Waals surface area contributed by atoms with Crippen LogP contribution in [0.5, 0.6) is 5.75 Å². The molecule has 5 nitrogen and oxygen atoms in total. The van der Waals surface area contributed by atoms with Crippen molar-refractivity contribution in [2.75, 3.05) is 0 Å². The van der Waals surface area contributed by atoms with Gasteiger partial charge in [-0.15, -0.1) is 4.91 Å². The topological polar surface area (TPSA) is 87.0 Å². The molecule has 0 saturated carbocycles. The van der Waals surface area contributed by atoms with E-state index in [1.54, 1.807) is 0 Å². The van der Waals surface area contributed by atoms with Crippen LogP contribution in [-0.2, 0) is 0 Å². The summed E-state index contributed by atoms with van der Waals surface area (Å²) < 4.78 is 0. The molecule has 0 aliphatic rings. The predicted octanol–water partition coefficient (Wildman–Crippen LogP) is 2.14. The van der Waals surface area contributed by atoms with Crippen LogP contribution in [0.15, 0.2) is 17.3 Å². The summed E-state index contributed by atoms with van der Waals surface area (Å²) in [6, 6.07) is 1.87. The number of carboxylic acid groups (broad SMARTS) is 1. The molecule has 0 aromatic heterocycles. The van der Waals surface area contributed by atoms with E-state index in [4.69, 9.17) is 21.8 Å². The van der Waals surface area contributed by atoms with Crippen LogP contribution in [0, 0.1) is 4.91 Å². The zero-order valence-electron chi connectivity index (χ0n) is 6.19. The number of halogens is 1. The van der Waals surface area contributed by atoms with E-state index in [2.05, 4.69) is 5.18 Å². The molecule has 2 N–H and O–H groups in total. The Hall–Kier alpha value is -1.62. The van der Waals surface area contributed by atoms with Crippen molar-refractivity contribution in [2.24, 2.45) is 5.18 Å². The van der Waals surface area contributed by atoms with E-state index in [9.17, 15) is 9.70 Å². The quantitative estimate of drug-likeness (QED) is 0.718. The highest BCUT2D eigenvalue weighted by Crippen LogP contribution is 2.31. The van der Waals surface area contributed by atoms with Crippen LogP contribution in [0.1, 0.15) is 10.4 Å². The Morgan fingerprint density at radius 2 is 2.08 bits per heavy atom. The highest BCUT2D eigenvalue weighted by Gasteiger charge is 2.14. The molecule has 0 unspecified atom stereocenters. The SMILES string of the molecule is O=Nc1cc(O)c(Cl)cc1C(=O)O. The third-order valence-electron chi connectivity index (χ3n) is 1.39. The van der Waals surface area contributed by atoms with Crippen molar-refractivity contribution in [3.63, 3.8) is 0 Å². The van der Waals surface area contributed by atoms with Crippen molar-refractivity contribution in [3.8, 4) is 5.75 Å². The Morgan fingerprint density at radius 1 is 1.46 bits per heavy atom. The second kappa shape index (κ2) is 3.40. The molecular formula is C7H4ClNO4. The normalized spacial score (nSPS) is 9.62. The molecule has 0 fully saturated rings. The maximum atomic E-state index is 10.5. The lowest BCUT2D eigenvalue weighted by atomic mass is 10.2. The maximum Gasteiger partial charge on any atom is 0.338 e. The number of benzene rings is 1. The number of carboxylic acids is 1. The predicted molar refractivity (Wildman–Crippen MR) is 45.5 cm³/mol. The van der Waals surface area contributed by atoms with Crippen LogP contribution in [0.2, 0.25) is 5.02 Å². The summed E-state index contributed by atoms with van der Waals surface area (Å²) >= 11 is 5.43. The van der Waals surface area contributed by atoms with E-state index < -0.39 is 5.97 Å². The van der Waals surface area contributed by atoms with Crippen LogP contribution in [-0.4, -0.2) is 16.2 Å². The number of aromatic hydroxyl groups is 1. The van der Waals surface area contributed by atoms with Crippen LogP contribution in [0.25, 0.3) is 0 Å². The number of phenols is 1. The molecule has 0 spiro atoms. The lowest BCUT2D eigenvalue weighted by molar-refractivity contribution is 0.0698. The van der Waals surface area contributed by atoms with Gasteiger partial charge >= 0.3 is 5.97 Å². The Balaban J connectivity index is 3.41. The van der Waals surface area contributed by atoms with Gasteiger partial charge in [-0.3, -0.25) is 0 Å². The largest absolute Gasteiger partial charge is 0.506 e. The minimum Gasteiger partial charge on any atom is -0.506 e. The lowest BCUT2D eigenvalue weighted by Gasteiger charge is -2.00. The monoisotopic (exact) mass is 201 g/mol. The number of hydrogen-bond donors (Lipinski definition) is 2. The van der Waals surface area contributed by atoms with Gasteiger partial charge in [0.25, 0.3) is 0 Å². The molecule has 0 amide bonds. The summed E-state index contributed by atoms with van der Waals surface area (Å²) in [7, 11) is 0. The molecule has 0 heterocycles. The van der Waals surface area contributed by atoms with E-state index in [1.165, 1.54) is 0 Å². The molecule has 6 heteroatoms. The zero-order valence-corrected chi connectivity index (χ0v) is 6.95. The number of phenolic OH excluding ortho intramolecular Hbond substituents is 1. The molecule has 0 atom stereocenters. The summed E-state index contributed by atoms with van der Waals surface area (Å²) in [5, 5.41) is 19.9. The fraction of sp³-hybridized carbons (Fsp3) is 0. The van der Waals surface area contributed by atoms with Gasteiger partial charge in [-0.05, 0) is 11.2 Å². The Bertz CT molecular complexity index is 377. The van der Waals surface area contributed by atoms with Crippen molar-refractivity contribution in [3.05, 3.63) is 27.6 Å². The molecule has 0 aliphatic heterocycles. The summed E-state index contributed by atoms with van der Waals surface area (Å²) in [5.41, 5.74) is -0.688. The first-order valence-electron chi connectivity index (χ1n) is 3.15. The molecule has 1 rings (SSSR count). The van der Waals surface area contributed by atoms with E-state index in [1.807, 2.05) is 0 Å². The molecule has 13 heavy (non-hydrogen) atoms. The van der Waals surface area contributed by atoms with Gasteiger partial charge < -0.3 is 10.2 Å². The van der Waals surface area contributed by atoms with Gasteiger partial charge in [-0.25, -0.2) is 4.79 Å². The van der Waals surface area contributed by atoms with Crippen LogP contribution >= 0.6 is 11.6 Å². The second-order valence-corrected chi connectivity index (χ2v) is 2.62. The molecule has 0 bridgehead atoms. The lowest BCUT2D eigenvalue weighted by Crippen LogP contribution is -1.96. The molecule has 1 aromatic rings.